The van der Waals surface area contributed by atoms with Crippen LogP contribution in [0.3, 0.4) is 0 Å². The van der Waals surface area contributed by atoms with Gasteiger partial charge >= 0.3 is 0 Å². The van der Waals surface area contributed by atoms with E-state index in [0.29, 0.717) is 22.5 Å². The average Bonchev–Trinajstić information content (AvgIpc) is 2.66. The number of anilines is 1. The third-order valence-corrected chi connectivity index (χ3v) is 6.62. The van der Waals surface area contributed by atoms with Crippen LogP contribution in [0.25, 0.3) is 0 Å². The van der Waals surface area contributed by atoms with Crippen molar-refractivity contribution in [3.63, 3.8) is 0 Å². The minimum absolute atomic E-state index is 0.299. The summed E-state index contributed by atoms with van der Waals surface area (Å²) in [6, 6.07) is 13.6. The SMILES string of the molecule is CCCN[C@@H]1CCc2cc(NS(=O)(=O)c3ccc(C(C)C)cc3)ccc2C1. The van der Waals surface area contributed by atoms with Gasteiger partial charge in [0.25, 0.3) is 10.0 Å². The molecule has 0 unspecified atom stereocenters. The van der Waals surface area contributed by atoms with Crippen LogP contribution in [-0.2, 0) is 22.9 Å². The molecule has 0 radical (unpaired) electrons. The van der Waals surface area contributed by atoms with Gasteiger partial charge < -0.3 is 5.32 Å². The molecular weight excluding hydrogens is 356 g/mol. The van der Waals surface area contributed by atoms with Crippen LogP contribution in [-0.4, -0.2) is 21.0 Å². The predicted molar refractivity (Wildman–Crippen MR) is 112 cm³/mol. The lowest BCUT2D eigenvalue weighted by Gasteiger charge is -2.26. The zero-order valence-corrected chi connectivity index (χ0v) is 17.3. The van der Waals surface area contributed by atoms with Gasteiger partial charge in [0.2, 0.25) is 0 Å². The Morgan fingerprint density at radius 1 is 1.07 bits per heavy atom. The Kier molecular flexibility index (Phi) is 6.22. The Balaban J connectivity index is 1.72. The van der Waals surface area contributed by atoms with Gasteiger partial charge in [-0.2, -0.15) is 0 Å². The Morgan fingerprint density at radius 2 is 1.81 bits per heavy atom. The predicted octanol–water partition coefficient (Wildman–Crippen LogP) is 4.47. The summed E-state index contributed by atoms with van der Waals surface area (Å²) in [5.74, 6) is 0.381. The first-order valence-electron chi connectivity index (χ1n) is 9.87. The monoisotopic (exact) mass is 386 g/mol. The molecule has 3 rings (SSSR count). The number of sulfonamides is 1. The summed E-state index contributed by atoms with van der Waals surface area (Å²) in [5, 5.41) is 3.59. The highest BCUT2D eigenvalue weighted by Gasteiger charge is 2.20. The highest BCUT2D eigenvalue weighted by Crippen LogP contribution is 2.26. The van der Waals surface area contributed by atoms with E-state index in [9.17, 15) is 8.42 Å². The van der Waals surface area contributed by atoms with E-state index in [1.807, 2.05) is 24.3 Å². The molecule has 146 valence electrons. The van der Waals surface area contributed by atoms with E-state index in [2.05, 4.69) is 36.9 Å². The minimum Gasteiger partial charge on any atom is -0.314 e. The first kappa shape index (κ1) is 19.9. The largest absolute Gasteiger partial charge is 0.314 e. The van der Waals surface area contributed by atoms with E-state index >= 15 is 0 Å². The number of hydrogen-bond acceptors (Lipinski definition) is 3. The van der Waals surface area contributed by atoms with Crippen molar-refractivity contribution in [2.45, 2.75) is 63.3 Å². The van der Waals surface area contributed by atoms with Gasteiger partial charge in [0.05, 0.1) is 4.90 Å². The standard InChI is InChI=1S/C22H30N2O2S/c1-4-13-23-20-9-5-19-15-21(10-6-18(19)14-20)24-27(25,26)22-11-7-17(8-12-22)16(2)3/h6-8,10-12,15-16,20,23-24H,4-5,9,13-14H2,1-3H3/t20-/m1/s1. The van der Waals surface area contributed by atoms with Crippen LogP contribution < -0.4 is 10.0 Å². The van der Waals surface area contributed by atoms with Crippen LogP contribution in [0.1, 0.15) is 56.2 Å². The molecule has 2 aromatic rings. The molecule has 0 saturated carbocycles. The lowest BCUT2D eigenvalue weighted by atomic mass is 9.88. The van der Waals surface area contributed by atoms with Gasteiger partial charge in [-0.05, 0) is 79.1 Å². The molecule has 1 aliphatic carbocycles. The number of nitrogens with one attached hydrogen (secondary N) is 2. The first-order chi connectivity index (χ1) is 12.9. The van der Waals surface area contributed by atoms with Gasteiger partial charge in [-0.3, -0.25) is 4.72 Å². The molecule has 0 aromatic heterocycles. The highest BCUT2D eigenvalue weighted by atomic mass is 32.2. The number of benzene rings is 2. The second kappa shape index (κ2) is 8.44. The summed E-state index contributed by atoms with van der Waals surface area (Å²) in [6.07, 6.45) is 4.23. The minimum atomic E-state index is -3.57. The van der Waals surface area contributed by atoms with E-state index in [-0.39, 0.29) is 0 Å². The molecule has 27 heavy (non-hydrogen) atoms. The van der Waals surface area contributed by atoms with Crippen LogP contribution in [0.15, 0.2) is 47.4 Å². The molecule has 2 N–H and O–H groups in total. The molecule has 5 heteroatoms. The fourth-order valence-electron chi connectivity index (χ4n) is 3.59. The van der Waals surface area contributed by atoms with Crippen molar-refractivity contribution in [2.75, 3.05) is 11.3 Å². The van der Waals surface area contributed by atoms with E-state index in [0.717, 1.165) is 37.8 Å². The van der Waals surface area contributed by atoms with E-state index in [4.69, 9.17) is 0 Å². The van der Waals surface area contributed by atoms with Gasteiger partial charge in [-0.25, -0.2) is 8.42 Å². The summed E-state index contributed by atoms with van der Waals surface area (Å²) >= 11 is 0. The second-order valence-corrected chi connectivity index (χ2v) is 9.39. The lowest BCUT2D eigenvalue weighted by Crippen LogP contribution is -2.35. The average molecular weight is 387 g/mol. The van der Waals surface area contributed by atoms with Crippen molar-refractivity contribution in [3.8, 4) is 0 Å². The van der Waals surface area contributed by atoms with Gasteiger partial charge in [0.1, 0.15) is 0 Å². The van der Waals surface area contributed by atoms with Crippen molar-refractivity contribution in [1.29, 1.82) is 0 Å². The van der Waals surface area contributed by atoms with Crippen LogP contribution in [0.5, 0.6) is 0 Å². The molecule has 2 aromatic carbocycles. The Morgan fingerprint density at radius 3 is 2.48 bits per heavy atom. The molecule has 0 amide bonds. The first-order valence-corrected chi connectivity index (χ1v) is 11.4. The van der Waals surface area contributed by atoms with Crippen molar-refractivity contribution < 1.29 is 8.42 Å². The van der Waals surface area contributed by atoms with Crippen molar-refractivity contribution in [2.24, 2.45) is 0 Å². The maximum atomic E-state index is 12.7. The smallest absolute Gasteiger partial charge is 0.261 e. The second-order valence-electron chi connectivity index (χ2n) is 7.71. The normalized spacial score (nSPS) is 17.0. The topological polar surface area (TPSA) is 58.2 Å². The third-order valence-electron chi connectivity index (χ3n) is 5.23. The quantitative estimate of drug-likeness (QED) is 0.738. The summed E-state index contributed by atoms with van der Waals surface area (Å²) in [6.45, 7) is 7.42. The maximum Gasteiger partial charge on any atom is 0.261 e. The van der Waals surface area contributed by atoms with Gasteiger partial charge in [-0.1, -0.05) is 39.0 Å². The molecule has 0 fully saturated rings. The molecule has 0 bridgehead atoms. The molecule has 0 aliphatic heterocycles. The van der Waals surface area contributed by atoms with Crippen molar-refractivity contribution >= 4 is 15.7 Å². The van der Waals surface area contributed by atoms with E-state index in [1.165, 1.54) is 11.1 Å². The van der Waals surface area contributed by atoms with Gasteiger partial charge in [0.15, 0.2) is 0 Å². The zero-order valence-electron chi connectivity index (χ0n) is 16.5. The van der Waals surface area contributed by atoms with Gasteiger partial charge in [0, 0.05) is 11.7 Å². The van der Waals surface area contributed by atoms with Crippen LogP contribution in [0.4, 0.5) is 5.69 Å². The summed E-state index contributed by atoms with van der Waals surface area (Å²) < 4.78 is 28.1. The maximum absolute atomic E-state index is 12.7. The fourth-order valence-corrected chi connectivity index (χ4v) is 4.64. The van der Waals surface area contributed by atoms with Crippen molar-refractivity contribution in [3.05, 3.63) is 59.2 Å². The lowest BCUT2D eigenvalue weighted by molar-refractivity contribution is 0.459. The van der Waals surface area contributed by atoms with E-state index < -0.39 is 10.0 Å². The van der Waals surface area contributed by atoms with Crippen LogP contribution in [0, 0.1) is 0 Å². The molecule has 0 spiro atoms. The number of rotatable bonds is 7. The Bertz CT molecular complexity index is 874. The summed E-state index contributed by atoms with van der Waals surface area (Å²) in [5.41, 5.74) is 4.34. The molecule has 1 atom stereocenters. The zero-order chi connectivity index (χ0) is 19.4. The molecule has 4 nitrogen and oxygen atoms in total. The van der Waals surface area contributed by atoms with E-state index in [1.54, 1.807) is 12.1 Å². The number of hydrogen-bond donors (Lipinski definition) is 2. The molecular formula is C22H30N2O2S. The van der Waals surface area contributed by atoms with Crippen molar-refractivity contribution in [1.82, 2.24) is 5.32 Å². The Hall–Kier alpha value is -1.85. The summed E-state index contributed by atoms with van der Waals surface area (Å²) in [7, 11) is -3.57. The van der Waals surface area contributed by atoms with Crippen LogP contribution in [0.2, 0.25) is 0 Å². The number of fused-ring (bicyclic) bond motifs is 1. The van der Waals surface area contributed by atoms with Crippen LogP contribution >= 0.6 is 0 Å². The fraction of sp³-hybridized carbons (Fsp3) is 0.455. The molecule has 0 saturated heterocycles. The Labute approximate surface area is 163 Å². The third kappa shape index (κ3) is 4.90. The highest BCUT2D eigenvalue weighted by molar-refractivity contribution is 7.92. The number of aryl methyl sites for hydroxylation is 1. The molecule has 1 aliphatic rings. The molecule has 0 heterocycles. The van der Waals surface area contributed by atoms with Gasteiger partial charge in [-0.15, -0.1) is 0 Å². The summed E-state index contributed by atoms with van der Waals surface area (Å²) in [4.78, 5) is 0.299.